The van der Waals surface area contributed by atoms with Crippen molar-refractivity contribution < 1.29 is 4.74 Å². The van der Waals surface area contributed by atoms with Crippen LogP contribution in [-0.2, 0) is 6.42 Å². The molecule has 0 saturated heterocycles. The monoisotopic (exact) mass is 291 g/mol. The van der Waals surface area contributed by atoms with Gasteiger partial charge < -0.3 is 10.1 Å². The Morgan fingerprint density at radius 2 is 1.86 bits per heavy atom. The lowest BCUT2D eigenvalue weighted by atomic mass is 9.76. The molecule has 1 aromatic rings. The molecule has 1 aliphatic carbocycles. The normalized spacial score (nSPS) is 18.5. The zero-order valence-electron chi connectivity index (χ0n) is 14.1. The molecular weight excluding hydrogens is 262 g/mol. The largest absolute Gasteiger partial charge is 0.474 e. The molecule has 4 nitrogen and oxygen atoms in total. The second-order valence-electron chi connectivity index (χ2n) is 6.78. The van der Waals surface area contributed by atoms with Gasteiger partial charge in [0.05, 0.1) is 5.56 Å². The molecule has 1 aromatic heterocycles. The molecule has 1 N–H and O–H groups in total. The fourth-order valence-electron chi connectivity index (χ4n) is 2.80. The van der Waals surface area contributed by atoms with Gasteiger partial charge in [-0.3, -0.25) is 0 Å². The summed E-state index contributed by atoms with van der Waals surface area (Å²) in [5.41, 5.74) is 1.49. The SMILES string of the molecule is CCNc1nc(CC)nc(OC2CCC(C)(C)CC2)c1C. The smallest absolute Gasteiger partial charge is 0.222 e. The van der Waals surface area contributed by atoms with Crippen LogP contribution in [0.3, 0.4) is 0 Å². The summed E-state index contributed by atoms with van der Waals surface area (Å²) in [6, 6.07) is 0. The van der Waals surface area contributed by atoms with Gasteiger partial charge in [0.1, 0.15) is 17.7 Å². The lowest BCUT2D eigenvalue weighted by molar-refractivity contribution is 0.0940. The Bertz CT molecular complexity index is 475. The number of rotatable bonds is 5. The van der Waals surface area contributed by atoms with Crippen LogP contribution >= 0.6 is 0 Å². The van der Waals surface area contributed by atoms with Crippen molar-refractivity contribution in [2.24, 2.45) is 5.41 Å². The van der Waals surface area contributed by atoms with Crippen LogP contribution in [-0.4, -0.2) is 22.6 Å². The van der Waals surface area contributed by atoms with Crippen LogP contribution < -0.4 is 10.1 Å². The van der Waals surface area contributed by atoms with Crippen LogP contribution in [0.2, 0.25) is 0 Å². The Balaban J connectivity index is 2.13. The van der Waals surface area contributed by atoms with Crippen molar-refractivity contribution >= 4 is 5.82 Å². The minimum Gasteiger partial charge on any atom is -0.474 e. The molecule has 0 atom stereocenters. The third kappa shape index (κ3) is 4.08. The van der Waals surface area contributed by atoms with Crippen molar-refractivity contribution in [3.05, 3.63) is 11.4 Å². The van der Waals surface area contributed by atoms with E-state index in [0.29, 0.717) is 11.5 Å². The maximum Gasteiger partial charge on any atom is 0.222 e. The van der Waals surface area contributed by atoms with Gasteiger partial charge >= 0.3 is 0 Å². The maximum atomic E-state index is 6.22. The lowest BCUT2D eigenvalue weighted by Crippen LogP contribution is -2.29. The van der Waals surface area contributed by atoms with E-state index in [4.69, 9.17) is 4.74 Å². The van der Waals surface area contributed by atoms with Gasteiger partial charge in [-0.1, -0.05) is 20.8 Å². The summed E-state index contributed by atoms with van der Waals surface area (Å²) in [7, 11) is 0. The Labute approximate surface area is 128 Å². The van der Waals surface area contributed by atoms with Gasteiger partial charge in [0.25, 0.3) is 0 Å². The fraction of sp³-hybridized carbons (Fsp3) is 0.765. The molecule has 0 unspecified atom stereocenters. The standard InChI is InChI=1S/C17H29N3O/c1-6-14-19-15(18-7-2)12(3)16(20-14)21-13-8-10-17(4,5)11-9-13/h13H,6-11H2,1-5H3,(H,18,19,20). The molecule has 1 heterocycles. The predicted molar refractivity (Wildman–Crippen MR) is 87.0 cm³/mol. The van der Waals surface area contributed by atoms with Gasteiger partial charge in [-0.05, 0) is 44.9 Å². The Kier molecular flexibility index (Phi) is 5.07. The number of hydrogen-bond donors (Lipinski definition) is 1. The van der Waals surface area contributed by atoms with Crippen molar-refractivity contribution in [3.8, 4) is 5.88 Å². The summed E-state index contributed by atoms with van der Waals surface area (Å²) in [5, 5.41) is 3.31. The van der Waals surface area contributed by atoms with Crippen LogP contribution in [0, 0.1) is 12.3 Å². The van der Waals surface area contributed by atoms with E-state index in [0.717, 1.165) is 48.9 Å². The van der Waals surface area contributed by atoms with Crippen molar-refractivity contribution in [1.82, 2.24) is 9.97 Å². The minimum absolute atomic E-state index is 0.297. The molecule has 1 fully saturated rings. The number of nitrogens with one attached hydrogen (secondary N) is 1. The third-order valence-corrected chi connectivity index (χ3v) is 4.37. The number of ether oxygens (including phenoxy) is 1. The van der Waals surface area contributed by atoms with Gasteiger partial charge in [0.2, 0.25) is 5.88 Å². The van der Waals surface area contributed by atoms with Crippen LogP contribution in [0.15, 0.2) is 0 Å². The Morgan fingerprint density at radius 1 is 1.19 bits per heavy atom. The molecular formula is C17H29N3O. The van der Waals surface area contributed by atoms with Crippen LogP contribution in [0.5, 0.6) is 5.88 Å². The first-order chi connectivity index (χ1) is 9.95. The van der Waals surface area contributed by atoms with Gasteiger partial charge in [0, 0.05) is 13.0 Å². The molecule has 0 spiro atoms. The summed E-state index contributed by atoms with van der Waals surface area (Å²) in [6.07, 6.45) is 5.81. The topological polar surface area (TPSA) is 47.0 Å². The fourth-order valence-corrected chi connectivity index (χ4v) is 2.80. The highest BCUT2D eigenvalue weighted by atomic mass is 16.5. The lowest BCUT2D eigenvalue weighted by Gasteiger charge is -2.34. The molecule has 1 aliphatic rings. The summed E-state index contributed by atoms with van der Waals surface area (Å²) >= 11 is 0. The zero-order valence-corrected chi connectivity index (χ0v) is 14.1. The maximum absolute atomic E-state index is 6.22. The molecule has 0 aliphatic heterocycles. The van der Waals surface area contributed by atoms with Crippen molar-refractivity contribution in [3.63, 3.8) is 0 Å². The van der Waals surface area contributed by atoms with Crippen LogP contribution in [0.25, 0.3) is 0 Å². The van der Waals surface area contributed by atoms with Crippen molar-refractivity contribution in [2.45, 2.75) is 72.8 Å². The van der Waals surface area contributed by atoms with E-state index < -0.39 is 0 Å². The number of hydrogen-bond acceptors (Lipinski definition) is 4. The van der Waals surface area contributed by atoms with E-state index in [2.05, 4.69) is 43.0 Å². The van der Waals surface area contributed by atoms with E-state index in [1.807, 2.05) is 6.92 Å². The van der Waals surface area contributed by atoms with Gasteiger partial charge in [-0.2, -0.15) is 4.98 Å². The average molecular weight is 291 g/mol. The predicted octanol–water partition coefficient (Wildman–Crippen LogP) is 4.13. The van der Waals surface area contributed by atoms with E-state index in [9.17, 15) is 0 Å². The number of aromatic nitrogens is 2. The van der Waals surface area contributed by atoms with Crippen molar-refractivity contribution in [1.29, 1.82) is 0 Å². The van der Waals surface area contributed by atoms with E-state index in [1.165, 1.54) is 12.8 Å². The number of anilines is 1. The molecule has 118 valence electrons. The third-order valence-electron chi connectivity index (χ3n) is 4.37. The molecule has 0 bridgehead atoms. The van der Waals surface area contributed by atoms with Crippen LogP contribution in [0.4, 0.5) is 5.82 Å². The second kappa shape index (κ2) is 6.63. The summed E-state index contributed by atoms with van der Waals surface area (Å²) in [5.74, 6) is 2.53. The summed E-state index contributed by atoms with van der Waals surface area (Å²) in [4.78, 5) is 9.15. The average Bonchev–Trinajstić information content (AvgIpc) is 2.45. The minimum atomic E-state index is 0.297. The van der Waals surface area contributed by atoms with Gasteiger partial charge in [-0.15, -0.1) is 0 Å². The van der Waals surface area contributed by atoms with Gasteiger partial charge in [0.15, 0.2) is 0 Å². The quantitative estimate of drug-likeness (QED) is 0.886. The molecule has 4 heteroatoms. The Morgan fingerprint density at radius 3 is 2.43 bits per heavy atom. The molecule has 0 aromatic carbocycles. The van der Waals surface area contributed by atoms with Crippen molar-refractivity contribution in [2.75, 3.05) is 11.9 Å². The zero-order chi connectivity index (χ0) is 15.5. The van der Waals surface area contributed by atoms with Gasteiger partial charge in [-0.25, -0.2) is 4.98 Å². The number of aryl methyl sites for hydroxylation is 1. The molecule has 1 saturated carbocycles. The highest BCUT2D eigenvalue weighted by molar-refractivity contribution is 5.48. The second-order valence-corrected chi connectivity index (χ2v) is 6.78. The highest BCUT2D eigenvalue weighted by Gasteiger charge is 2.28. The summed E-state index contributed by atoms with van der Waals surface area (Å²) in [6.45, 7) is 11.7. The molecule has 0 radical (unpaired) electrons. The first-order valence-electron chi connectivity index (χ1n) is 8.23. The van der Waals surface area contributed by atoms with E-state index in [-0.39, 0.29) is 0 Å². The Hall–Kier alpha value is -1.32. The van der Waals surface area contributed by atoms with E-state index in [1.54, 1.807) is 0 Å². The number of nitrogens with zero attached hydrogens (tertiary/aromatic N) is 2. The molecule has 0 amide bonds. The highest BCUT2D eigenvalue weighted by Crippen LogP contribution is 2.37. The molecule has 21 heavy (non-hydrogen) atoms. The first-order valence-corrected chi connectivity index (χ1v) is 8.23. The van der Waals surface area contributed by atoms with Crippen LogP contribution in [0.1, 0.15) is 64.8 Å². The van der Waals surface area contributed by atoms with E-state index >= 15 is 0 Å². The summed E-state index contributed by atoms with van der Waals surface area (Å²) < 4.78 is 6.22. The first kappa shape index (κ1) is 16.1. The molecule has 2 rings (SSSR count).